The molecule has 2 aliphatic carbocycles. The largest absolute Gasteiger partial charge is 0.309 e. The van der Waals surface area contributed by atoms with Crippen molar-refractivity contribution in [3.8, 4) is 11.1 Å². The molecule has 0 N–H and O–H groups in total. The quantitative estimate of drug-likeness (QED) is 0.126. The number of rotatable bonds is 10. The smallest absolute Gasteiger partial charge is 0.0713 e. The van der Waals surface area contributed by atoms with E-state index in [9.17, 15) is 0 Å². The van der Waals surface area contributed by atoms with E-state index in [1.807, 2.05) is 0 Å². The van der Waals surface area contributed by atoms with Crippen LogP contribution >= 0.6 is 0 Å². The molecule has 1 unspecified atom stereocenters. The second-order valence-electron chi connectivity index (χ2n) is 24.3. The molecule has 0 aliphatic heterocycles. The van der Waals surface area contributed by atoms with Gasteiger partial charge in [0.25, 0.3) is 0 Å². The Labute approximate surface area is 512 Å². The topological polar surface area (TPSA) is 6.48 Å². The van der Waals surface area contributed by atoms with Gasteiger partial charge in [0.2, 0.25) is 0 Å². The maximum Gasteiger partial charge on any atom is 0.0713 e. The van der Waals surface area contributed by atoms with Crippen molar-refractivity contribution < 1.29 is 0 Å². The number of nitrogens with zero attached hydrogens (tertiary/aromatic N) is 2. The van der Waals surface area contributed by atoms with Crippen molar-refractivity contribution in [2.24, 2.45) is 0 Å². The van der Waals surface area contributed by atoms with Crippen molar-refractivity contribution in [2.45, 2.75) is 58.8 Å². The zero-order chi connectivity index (χ0) is 59.1. The summed E-state index contributed by atoms with van der Waals surface area (Å²) in [5.74, 6) is 0. The molecule has 0 aromatic heterocycles. The number of benzene rings is 13. The van der Waals surface area contributed by atoms with Gasteiger partial charge in [0.15, 0.2) is 0 Å². The van der Waals surface area contributed by atoms with Crippen LogP contribution in [0.5, 0.6) is 0 Å². The molecule has 0 fully saturated rings. The first-order valence-electron chi connectivity index (χ1n) is 30.7. The van der Waals surface area contributed by atoms with E-state index >= 15 is 0 Å². The van der Waals surface area contributed by atoms with E-state index in [1.165, 1.54) is 133 Å². The van der Waals surface area contributed by atoms with Crippen LogP contribution in [0.1, 0.15) is 77.9 Å². The second-order valence-corrected chi connectivity index (χ2v) is 24.3. The number of para-hydroxylation sites is 2. The van der Waals surface area contributed by atoms with E-state index in [0.717, 1.165) is 34.7 Å². The minimum absolute atomic E-state index is 0.513. The van der Waals surface area contributed by atoms with Crippen LogP contribution in [0.15, 0.2) is 291 Å². The standard InChI is InChI=1S/C85H68N2/c1-55-53-78(86(67-36-19-11-20-37-67)82-57(3)49-65(50-58(82)4)84(63-32-15-9-16-33-63)61(7)29-13-8-14-30-62-31-23-26-42-75(62)84)73-47-45-70-56(2)54-79(74-48-46-69(55)80(73)81(70)74)87(68-38-21-12-22-39-68)83-59(5)51-66(52-60(83)6)85(64-34-17-10-18-35-64)76-43-27-24-40-71(76)72-41-25-28-44-77(72)85/h8-29,31-54H,7,30H2,1-6H3/b14-8-,29-13-. The highest BCUT2D eigenvalue weighted by molar-refractivity contribution is 6.29. The van der Waals surface area contributed by atoms with Gasteiger partial charge in [-0.1, -0.05) is 249 Å². The van der Waals surface area contributed by atoms with Crippen LogP contribution in [0.25, 0.3) is 43.4 Å². The molecule has 13 aromatic rings. The molecule has 2 aliphatic rings. The molecule has 1 atom stereocenters. The average Bonchev–Trinajstić information content (AvgIpc) is 1.70. The Balaban J connectivity index is 0.943. The van der Waals surface area contributed by atoms with Crippen LogP contribution in [0.3, 0.4) is 0 Å². The lowest BCUT2D eigenvalue weighted by Gasteiger charge is -2.39. The molecule has 0 saturated heterocycles. The molecule has 0 heterocycles. The first-order valence-corrected chi connectivity index (χ1v) is 30.7. The molecule has 15 rings (SSSR count). The fourth-order valence-electron chi connectivity index (χ4n) is 15.7. The van der Waals surface area contributed by atoms with E-state index in [1.54, 1.807) is 0 Å². The third kappa shape index (κ3) is 8.15. The van der Waals surface area contributed by atoms with Gasteiger partial charge in [-0.3, -0.25) is 0 Å². The molecule has 418 valence electrons. The van der Waals surface area contributed by atoms with E-state index < -0.39 is 10.8 Å². The Morgan fingerprint density at radius 3 is 1.18 bits per heavy atom. The Hall–Kier alpha value is -10.3. The highest BCUT2D eigenvalue weighted by Crippen LogP contribution is 2.58. The Morgan fingerprint density at radius 2 is 0.713 bits per heavy atom. The van der Waals surface area contributed by atoms with Gasteiger partial charge in [-0.15, -0.1) is 0 Å². The fourth-order valence-corrected chi connectivity index (χ4v) is 15.7. The molecular weight excluding hydrogens is 1050 g/mol. The Morgan fingerprint density at radius 1 is 0.333 bits per heavy atom. The number of fused-ring (bicyclic) bond motifs is 4. The normalized spacial score (nSPS) is 15.8. The monoisotopic (exact) mass is 1120 g/mol. The SMILES string of the molecule is C=C1/C=C\C=C/Cc2ccccc2C1(c1ccccc1)c1cc(C)c(N(c2ccccc2)c2cc(C)c3ccc4c(N(c5ccccc5)c5c(C)cc(C6(c7ccccc7)c7ccccc7-c7ccccc76)cc5C)cc(C)c5ccc2c3c54)c(C)c1. The van der Waals surface area contributed by atoms with Gasteiger partial charge in [-0.25, -0.2) is 0 Å². The third-order valence-electron chi connectivity index (χ3n) is 19.2. The van der Waals surface area contributed by atoms with Crippen molar-refractivity contribution in [1.29, 1.82) is 0 Å². The van der Waals surface area contributed by atoms with E-state index in [4.69, 9.17) is 6.58 Å². The third-order valence-corrected chi connectivity index (χ3v) is 19.2. The number of aryl methyl sites for hydroxylation is 6. The maximum absolute atomic E-state index is 4.94. The van der Waals surface area contributed by atoms with Crippen molar-refractivity contribution in [1.82, 2.24) is 0 Å². The summed E-state index contributed by atoms with van der Waals surface area (Å²) >= 11 is 0. The van der Waals surface area contributed by atoms with Crippen molar-refractivity contribution in [3.05, 3.63) is 369 Å². The predicted molar refractivity (Wildman–Crippen MR) is 369 cm³/mol. The van der Waals surface area contributed by atoms with Crippen molar-refractivity contribution in [2.75, 3.05) is 9.80 Å². The number of anilines is 6. The number of hydrogen-bond donors (Lipinski definition) is 0. The van der Waals surface area contributed by atoms with Crippen LogP contribution in [0.4, 0.5) is 34.1 Å². The molecule has 13 aromatic carbocycles. The maximum atomic E-state index is 4.94. The number of allylic oxidation sites excluding steroid dienone is 5. The fraction of sp³-hybridized carbons (Fsp3) is 0.106. The molecule has 0 spiro atoms. The van der Waals surface area contributed by atoms with Gasteiger partial charge in [-0.2, -0.15) is 0 Å². The summed E-state index contributed by atoms with van der Waals surface area (Å²) in [6, 6.07) is 95.6. The van der Waals surface area contributed by atoms with Crippen molar-refractivity contribution in [3.63, 3.8) is 0 Å². The first kappa shape index (κ1) is 53.4. The second kappa shape index (κ2) is 21.0. The summed E-state index contributed by atoms with van der Waals surface area (Å²) in [6.07, 6.45) is 9.63. The van der Waals surface area contributed by atoms with Crippen LogP contribution < -0.4 is 9.80 Å². The molecule has 87 heavy (non-hydrogen) atoms. The highest BCUT2D eigenvalue weighted by atomic mass is 15.2. The van der Waals surface area contributed by atoms with Crippen LogP contribution in [-0.4, -0.2) is 0 Å². The zero-order valence-corrected chi connectivity index (χ0v) is 50.4. The summed E-state index contributed by atoms with van der Waals surface area (Å²) in [7, 11) is 0. The van der Waals surface area contributed by atoms with Gasteiger partial charge in [0.1, 0.15) is 0 Å². The summed E-state index contributed by atoms with van der Waals surface area (Å²) in [4.78, 5) is 5.09. The molecule has 2 nitrogen and oxygen atoms in total. The summed E-state index contributed by atoms with van der Waals surface area (Å²) in [5.41, 5.74) is 26.7. The van der Waals surface area contributed by atoms with Crippen LogP contribution in [-0.2, 0) is 17.3 Å². The first-order chi connectivity index (χ1) is 42.6. The lowest BCUT2D eigenvalue weighted by molar-refractivity contribution is 0.735. The highest BCUT2D eigenvalue weighted by Gasteiger charge is 2.47. The Bertz CT molecular complexity index is 4820. The lowest BCUT2D eigenvalue weighted by Crippen LogP contribution is -2.32. The minimum atomic E-state index is -0.656. The molecule has 2 heteroatoms. The molecule has 0 amide bonds. The van der Waals surface area contributed by atoms with Crippen LogP contribution in [0, 0.1) is 41.5 Å². The lowest BCUT2D eigenvalue weighted by atomic mass is 9.63. The average molecular weight is 1120 g/mol. The van der Waals surface area contributed by atoms with Gasteiger partial charge in [0.05, 0.1) is 33.6 Å². The molecule has 0 bridgehead atoms. The van der Waals surface area contributed by atoms with E-state index in [-0.39, 0.29) is 0 Å². The summed E-state index contributed by atoms with van der Waals surface area (Å²) in [6.45, 7) is 18.8. The van der Waals surface area contributed by atoms with E-state index in [0.29, 0.717) is 0 Å². The molecule has 0 radical (unpaired) electrons. The van der Waals surface area contributed by atoms with Gasteiger partial charge < -0.3 is 9.80 Å². The van der Waals surface area contributed by atoms with Gasteiger partial charge in [-0.05, 0) is 200 Å². The van der Waals surface area contributed by atoms with Crippen LogP contribution in [0.2, 0.25) is 0 Å². The van der Waals surface area contributed by atoms with Crippen molar-refractivity contribution >= 4 is 66.4 Å². The molecular formula is C85H68N2. The predicted octanol–water partition coefficient (Wildman–Crippen LogP) is 22.3. The zero-order valence-electron chi connectivity index (χ0n) is 50.4. The Kier molecular flexibility index (Phi) is 12.9. The van der Waals surface area contributed by atoms with E-state index in [2.05, 4.69) is 330 Å². The molecule has 0 saturated carbocycles. The minimum Gasteiger partial charge on any atom is -0.309 e. The summed E-state index contributed by atoms with van der Waals surface area (Å²) in [5, 5.41) is 7.50. The van der Waals surface area contributed by atoms with Gasteiger partial charge >= 0.3 is 0 Å². The van der Waals surface area contributed by atoms with Gasteiger partial charge in [0, 0.05) is 22.1 Å². The number of hydrogen-bond acceptors (Lipinski definition) is 2. The summed E-state index contributed by atoms with van der Waals surface area (Å²) < 4.78 is 0.